The normalized spacial score (nSPS) is 15.9. The van der Waals surface area contributed by atoms with Crippen LogP contribution in [0.25, 0.3) is 11.5 Å². The Kier molecular flexibility index (Phi) is 5.76. The van der Waals surface area contributed by atoms with Gasteiger partial charge in [-0.05, 0) is 32.0 Å². The van der Waals surface area contributed by atoms with Crippen LogP contribution in [0.3, 0.4) is 0 Å². The van der Waals surface area contributed by atoms with Crippen molar-refractivity contribution in [1.29, 1.82) is 0 Å². The van der Waals surface area contributed by atoms with Gasteiger partial charge in [-0.3, -0.25) is 4.90 Å². The van der Waals surface area contributed by atoms with E-state index in [0.717, 1.165) is 12.1 Å². The average Bonchev–Trinajstić information content (AvgIpc) is 2.97. The van der Waals surface area contributed by atoms with Crippen LogP contribution in [0.1, 0.15) is 38.0 Å². The summed E-state index contributed by atoms with van der Waals surface area (Å²) in [5.41, 5.74) is 0.978. The zero-order valence-electron chi connectivity index (χ0n) is 12.4. The molecule has 0 atom stereocenters. The summed E-state index contributed by atoms with van der Waals surface area (Å²) in [6.45, 7) is 0.741. The summed E-state index contributed by atoms with van der Waals surface area (Å²) in [4.78, 5) is 2.35. The largest absolute Gasteiger partial charge is 0.419 e. The second-order valence-electron chi connectivity index (χ2n) is 5.57. The van der Waals surface area contributed by atoms with Crippen molar-refractivity contribution in [2.45, 2.75) is 44.7 Å². The smallest absolute Gasteiger partial charge is 0.247 e. The highest BCUT2D eigenvalue weighted by Gasteiger charge is 2.20. The van der Waals surface area contributed by atoms with E-state index in [9.17, 15) is 0 Å². The maximum absolute atomic E-state index is 5.77. The molecule has 1 aromatic carbocycles. The van der Waals surface area contributed by atoms with Gasteiger partial charge in [-0.1, -0.05) is 37.5 Å². The number of nitrogens with zero attached hydrogens (tertiary/aromatic N) is 3. The molecule has 0 amide bonds. The summed E-state index contributed by atoms with van der Waals surface area (Å²) in [7, 11) is 2.16. The van der Waals surface area contributed by atoms with E-state index >= 15 is 0 Å². The molecule has 21 heavy (non-hydrogen) atoms. The van der Waals surface area contributed by atoms with Gasteiger partial charge in [-0.15, -0.1) is 22.6 Å². The summed E-state index contributed by atoms with van der Waals surface area (Å²) in [5, 5.41) is 8.31. The van der Waals surface area contributed by atoms with Gasteiger partial charge in [-0.2, -0.15) is 0 Å². The molecule has 2 aromatic rings. The van der Waals surface area contributed by atoms with Crippen LogP contribution in [0.15, 0.2) is 34.7 Å². The molecule has 114 valence electrons. The first-order chi connectivity index (χ1) is 9.83. The first-order valence-electron chi connectivity index (χ1n) is 7.41. The minimum absolute atomic E-state index is 0. The van der Waals surface area contributed by atoms with Crippen LogP contribution in [0.5, 0.6) is 0 Å². The minimum Gasteiger partial charge on any atom is -0.419 e. The molecule has 0 N–H and O–H groups in total. The fourth-order valence-electron chi connectivity index (χ4n) is 2.88. The molecule has 0 spiro atoms. The van der Waals surface area contributed by atoms with Crippen LogP contribution in [0, 0.1) is 0 Å². The van der Waals surface area contributed by atoms with E-state index in [1.807, 2.05) is 30.3 Å². The number of benzene rings is 1. The van der Waals surface area contributed by atoms with E-state index in [-0.39, 0.29) is 12.4 Å². The van der Waals surface area contributed by atoms with Crippen molar-refractivity contribution in [1.82, 2.24) is 15.1 Å². The molecule has 1 aromatic heterocycles. The molecule has 0 radical (unpaired) electrons. The van der Waals surface area contributed by atoms with Gasteiger partial charge in [0.25, 0.3) is 0 Å². The lowest BCUT2D eigenvalue weighted by atomic mass is 9.94. The lowest BCUT2D eigenvalue weighted by Crippen LogP contribution is -2.32. The second-order valence-corrected chi connectivity index (χ2v) is 5.57. The Morgan fingerprint density at radius 2 is 1.81 bits per heavy atom. The van der Waals surface area contributed by atoms with Gasteiger partial charge in [0, 0.05) is 11.6 Å². The second kappa shape index (κ2) is 7.57. The Morgan fingerprint density at radius 1 is 1.10 bits per heavy atom. The van der Waals surface area contributed by atoms with Crippen molar-refractivity contribution in [3.8, 4) is 11.5 Å². The average molecular weight is 308 g/mol. The highest BCUT2D eigenvalue weighted by Crippen LogP contribution is 2.23. The first kappa shape index (κ1) is 16.0. The van der Waals surface area contributed by atoms with E-state index < -0.39 is 0 Å². The van der Waals surface area contributed by atoms with Crippen molar-refractivity contribution in [2.75, 3.05) is 7.05 Å². The monoisotopic (exact) mass is 307 g/mol. The van der Waals surface area contributed by atoms with Crippen molar-refractivity contribution in [3.05, 3.63) is 36.2 Å². The van der Waals surface area contributed by atoms with Crippen molar-refractivity contribution in [3.63, 3.8) is 0 Å². The Balaban J connectivity index is 0.00000161. The molecule has 0 saturated heterocycles. The van der Waals surface area contributed by atoms with E-state index in [0.29, 0.717) is 17.8 Å². The SMILES string of the molecule is CN(Cc1nnc(-c2ccccc2)o1)C1CCCCC1.Cl. The Bertz CT molecular complexity index is 537. The Morgan fingerprint density at radius 3 is 2.52 bits per heavy atom. The van der Waals surface area contributed by atoms with Crippen LogP contribution >= 0.6 is 12.4 Å². The molecule has 1 heterocycles. The molecule has 0 unspecified atom stereocenters. The number of rotatable bonds is 4. The molecular formula is C16H22ClN3O. The number of halogens is 1. The summed E-state index contributed by atoms with van der Waals surface area (Å²) < 4.78 is 5.77. The van der Waals surface area contributed by atoms with Gasteiger partial charge in [0.1, 0.15) is 0 Å². The molecule has 1 aliphatic carbocycles. The summed E-state index contributed by atoms with van der Waals surface area (Å²) >= 11 is 0. The Labute approximate surface area is 132 Å². The molecule has 1 fully saturated rings. The molecule has 1 saturated carbocycles. The van der Waals surface area contributed by atoms with E-state index in [1.165, 1.54) is 32.1 Å². The van der Waals surface area contributed by atoms with Crippen molar-refractivity contribution < 1.29 is 4.42 Å². The van der Waals surface area contributed by atoms with Gasteiger partial charge in [0.2, 0.25) is 11.8 Å². The molecule has 1 aliphatic rings. The van der Waals surface area contributed by atoms with Crippen LogP contribution in [-0.4, -0.2) is 28.2 Å². The minimum atomic E-state index is 0. The fourth-order valence-corrected chi connectivity index (χ4v) is 2.88. The summed E-state index contributed by atoms with van der Waals surface area (Å²) in [6, 6.07) is 10.6. The molecule has 4 nitrogen and oxygen atoms in total. The van der Waals surface area contributed by atoms with Gasteiger partial charge in [-0.25, -0.2) is 0 Å². The molecule has 0 aliphatic heterocycles. The summed E-state index contributed by atoms with van der Waals surface area (Å²) in [5.74, 6) is 1.31. The van der Waals surface area contributed by atoms with Crippen LogP contribution < -0.4 is 0 Å². The topological polar surface area (TPSA) is 42.2 Å². The van der Waals surface area contributed by atoms with Gasteiger partial charge >= 0.3 is 0 Å². The predicted octanol–water partition coefficient (Wildman–Crippen LogP) is 3.92. The maximum Gasteiger partial charge on any atom is 0.247 e. The van der Waals surface area contributed by atoms with Gasteiger partial charge in [0.15, 0.2) is 0 Å². The number of aromatic nitrogens is 2. The third-order valence-electron chi connectivity index (χ3n) is 4.07. The molecular weight excluding hydrogens is 286 g/mol. The van der Waals surface area contributed by atoms with Crippen LogP contribution in [-0.2, 0) is 6.54 Å². The van der Waals surface area contributed by atoms with Crippen LogP contribution in [0.2, 0.25) is 0 Å². The lowest BCUT2D eigenvalue weighted by Gasteiger charge is -2.29. The van der Waals surface area contributed by atoms with E-state index in [4.69, 9.17) is 4.42 Å². The third kappa shape index (κ3) is 4.05. The Hall–Kier alpha value is -1.39. The highest BCUT2D eigenvalue weighted by molar-refractivity contribution is 5.85. The summed E-state index contributed by atoms with van der Waals surface area (Å²) in [6.07, 6.45) is 6.64. The zero-order valence-corrected chi connectivity index (χ0v) is 13.2. The quantitative estimate of drug-likeness (QED) is 0.858. The first-order valence-corrected chi connectivity index (χ1v) is 7.41. The predicted molar refractivity (Wildman–Crippen MR) is 85.3 cm³/mol. The van der Waals surface area contributed by atoms with Crippen molar-refractivity contribution >= 4 is 12.4 Å². The van der Waals surface area contributed by atoms with Crippen LogP contribution in [0.4, 0.5) is 0 Å². The van der Waals surface area contributed by atoms with Gasteiger partial charge in [0.05, 0.1) is 6.54 Å². The lowest BCUT2D eigenvalue weighted by molar-refractivity contribution is 0.170. The van der Waals surface area contributed by atoms with Crippen molar-refractivity contribution in [2.24, 2.45) is 0 Å². The number of hydrogen-bond donors (Lipinski definition) is 0. The third-order valence-corrected chi connectivity index (χ3v) is 4.07. The molecule has 3 rings (SSSR count). The van der Waals surface area contributed by atoms with E-state index in [2.05, 4.69) is 22.1 Å². The molecule has 0 bridgehead atoms. The fraction of sp³-hybridized carbons (Fsp3) is 0.500. The molecule has 5 heteroatoms. The highest BCUT2D eigenvalue weighted by atomic mass is 35.5. The number of hydrogen-bond acceptors (Lipinski definition) is 4. The van der Waals surface area contributed by atoms with Gasteiger partial charge < -0.3 is 4.42 Å². The maximum atomic E-state index is 5.77. The standard InChI is InChI=1S/C16H21N3O.ClH/c1-19(14-10-6-3-7-11-14)12-15-17-18-16(20-15)13-8-4-2-5-9-13;/h2,4-5,8-9,14H,3,6-7,10-12H2,1H3;1H. The zero-order chi connectivity index (χ0) is 13.8. The van der Waals surface area contributed by atoms with E-state index in [1.54, 1.807) is 0 Å².